The number of amides is 1. The van der Waals surface area contributed by atoms with E-state index in [9.17, 15) is 18.0 Å². The van der Waals surface area contributed by atoms with Crippen LogP contribution in [0.1, 0.15) is 23.2 Å². The first-order valence-corrected chi connectivity index (χ1v) is 5.18. The topological polar surface area (TPSA) is 78.3 Å². The smallest absolute Gasteiger partial charge is 0.389 e. The van der Waals surface area contributed by atoms with Gasteiger partial charge in [-0.3, -0.25) is 4.79 Å². The Bertz CT molecular complexity index is 433. The molecule has 0 unspecified atom stereocenters. The molecule has 0 saturated heterocycles. The Morgan fingerprint density at radius 2 is 2.00 bits per heavy atom. The molecule has 0 heterocycles. The van der Waals surface area contributed by atoms with Gasteiger partial charge in [0, 0.05) is 18.2 Å². The van der Waals surface area contributed by atoms with Gasteiger partial charge in [-0.2, -0.15) is 13.2 Å². The third-order valence-electron chi connectivity index (χ3n) is 2.13. The number of halogens is 3. The number of alkyl halides is 3. The molecule has 0 saturated carbocycles. The predicted octanol–water partition coefficient (Wildman–Crippen LogP) is 2.09. The van der Waals surface area contributed by atoms with E-state index in [-0.39, 0.29) is 24.3 Å². The third-order valence-corrected chi connectivity index (χ3v) is 2.13. The van der Waals surface area contributed by atoms with E-state index in [2.05, 4.69) is 0 Å². The van der Waals surface area contributed by atoms with E-state index in [1.54, 1.807) is 0 Å². The molecule has 1 amide bonds. The maximum absolute atomic E-state index is 11.9. The lowest BCUT2D eigenvalue weighted by Gasteiger charge is -2.11. The first-order valence-electron chi connectivity index (χ1n) is 5.18. The highest BCUT2D eigenvalue weighted by Crippen LogP contribution is 2.24. The van der Waals surface area contributed by atoms with Crippen molar-refractivity contribution >= 4 is 11.6 Å². The zero-order chi connectivity index (χ0) is 13.8. The summed E-state index contributed by atoms with van der Waals surface area (Å²) in [4.78, 5) is 11.0. The minimum absolute atomic E-state index is 0.0937. The molecule has 0 atom stereocenters. The SMILES string of the molecule is NC(=O)c1ccc(N)cc1OCCCC(F)(F)F. The van der Waals surface area contributed by atoms with Gasteiger partial charge in [0.25, 0.3) is 5.91 Å². The molecule has 1 aromatic rings. The number of anilines is 1. The molecule has 0 bridgehead atoms. The van der Waals surface area contributed by atoms with Crippen LogP contribution in [-0.4, -0.2) is 18.7 Å². The predicted molar refractivity (Wildman–Crippen MR) is 60.2 cm³/mol. The summed E-state index contributed by atoms with van der Waals surface area (Å²) in [6, 6.07) is 4.19. The lowest BCUT2D eigenvalue weighted by atomic mass is 10.1. The molecule has 4 nitrogen and oxygen atoms in total. The summed E-state index contributed by atoms with van der Waals surface area (Å²) < 4.78 is 40.8. The van der Waals surface area contributed by atoms with Gasteiger partial charge in [-0.25, -0.2) is 0 Å². The summed E-state index contributed by atoms with van der Waals surface area (Å²) in [5, 5.41) is 0. The van der Waals surface area contributed by atoms with E-state index in [1.807, 2.05) is 0 Å². The Labute approximate surface area is 102 Å². The third kappa shape index (κ3) is 4.52. The zero-order valence-corrected chi connectivity index (χ0v) is 9.46. The van der Waals surface area contributed by atoms with Crippen LogP contribution >= 0.6 is 0 Å². The molecule has 1 aromatic carbocycles. The molecule has 0 aliphatic rings. The van der Waals surface area contributed by atoms with Gasteiger partial charge in [-0.1, -0.05) is 0 Å². The number of primary amides is 1. The molecule has 7 heteroatoms. The first kappa shape index (κ1) is 14.1. The molecule has 100 valence electrons. The van der Waals surface area contributed by atoms with Gasteiger partial charge in [0.05, 0.1) is 12.2 Å². The van der Waals surface area contributed by atoms with Crippen LogP contribution in [0.3, 0.4) is 0 Å². The Balaban J connectivity index is 2.61. The van der Waals surface area contributed by atoms with E-state index in [4.69, 9.17) is 16.2 Å². The van der Waals surface area contributed by atoms with Gasteiger partial charge in [0.1, 0.15) is 5.75 Å². The summed E-state index contributed by atoms with van der Waals surface area (Å²) in [6.45, 7) is -0.163. The number of benzene rings is 1. The average Bonchev–Trinajstić information content (AvgIpc) is 2.22. The summed E-state index contributed by atoms with van der Waals surface area (Å²) in [5.41, 5.74) is 11.0. The van der Waals surface area contributed by atoms with Gasteiger partial charge in [-0.15, -0.1) is 0 Å². The van der Waals surface area contributed by atoms with Crippen LogP contribution in [-0.2, 0) is 0 Å². The van der Waals surface area contributed by atoms with Crippen molar-refractivity contribution in [1.29, 1.82) is 0 Å². The monoisotopic (exact) mass is 262 g/mol. The number of nitrogens with two attached hydrogens (primary N) is 2. The second-order valence-electron chi connectivity index (χ2n) is 3.69. The Kier molecular flexibility index (Phi) is 4.41. The van der Waals surface area contributed by atoms with Crippen LogP contribution in [0.2, 0.25) is 0 Å². The average molecular weight is 262 g/mol. The van der Waals surface area contributed by atoms with Crippen molar-refractivity contribution in [2.24, 2.45) is 5.73 Å². The number of hydrogen-bond donors (Lipinski definition) is 2. The van der Waals surface area contributed by atoms with E-state index in [0.29, 0.717) is 5.69 Å². The molecule has 0 aromatic heterocycles. The van der Waals surface area contributed by atoms with Crippen molar-refractivity contribution in [3.05, 3.63) is 23.8 Å². The molecule has 0 aliphatic heterocycles. The van der Waals surface area contributed by atoms with Crippen LogP contribution in [0.5, 0.6) is 5.75 Å². The van der Waals surface area contributed by atoms with Crippen LogP contribution in [0.25, 0.3) is 0 Å². The van der Waals surface area contributed by atoms with Crippen molar-refractivity contribution in [3.8, 4) is 5.75 Å². The molecule has 0 spiro atoms. The fourth-order valence-corrected chi connectivity index (χ4v) is 1.32. The van der Waals surface area contributed by atoms with Crippen molar-refractivity contribution in [2.75, 3.05) is 12.3 Å². The molecule has 0 aliphatic carbocycles. The fourth-order valence-electron chi connectivity index (χ4n) is 1.32. The Morgan fingerprint density at radius 1 is 1.33 bits per heavy atom. The lowest BCUT2D eigenvalue weighted by Crippen LogP contribution is -2.14. The number of ether oxygens (including phenoxy) is 1. The molecule has 1 rings (SSSR count). The van der Waals surface area contributed by atoms with E-state index < -0.39 is 18.5 Å². The molecule has 0 fully saturated rings. The van der Waals surface area contributed by atoms with Gasteiger partial charge in [0.2, 0.25) is 0 Å². The second-order valence-corrected chi connectivity index (χ2v) is 3.69. The van der Waals surface area contributed by atoms with Crippen molar-refractivity contribution < 1.29 is 22.7 Å². The zero-order valence-electron chi connectivity index (χ0n) is 9.46. The second kappa shape index (κ2) is 5.61. The molecular weight excluding hydrogens is 249 g/mol. The molecule has 0 radical (unpaired) electrons. The standard InChI is InChI=1S/C11H13F3N2O2/c12-11(13,14)4-1-5-18-9-6-7(15)2-3-8(9)10(16)17/h2-3,6H,1,4-5,15H2,(H2,16,17). The van der Waals surface area contributed by atoms with Crippen LogP contribution in [0, 0.1) is 0 Å². The normalized spacial score (nSPS) is 11.3. The van der Waals surface area contributed by atoms with Crippen molar-refractivity contribution in [1.82, 2.24) is 0 Å². The highest BCUT2D eigenvalue weighted by molar-refractivity contribution is 5.96. The van der Waals surface area contributed by atoms with Crippen LogP contribution in [0.4, 0.5) is 18.9 Å². The lowest BCUT2D eigenvalue weighted by molar-refractivity contribution is -0.136. The van der Waals surface area contributed by atoms with Gasteiger partial charge in [-0.05, 0) is 18.6 Å². The summed E-state index contributed by atoms with van der Waals surface area (Å²) in [6.07, 6.45) is -5.36. The summed E-state index contributed by atoms with van der Waals surface area (Å²) in [5.74, 6) is -0.620. The van der Waals surface area contributed by atoms with E-state index in [1.165, 1.54) is 18.2 Å². The minimum Gasteiger partial charge on any atom is -0.493 e. The molecule has 4 N–H and O–H groups in total. The van der Waals surface area contributed by atoms with Crippen LogP contribution < -0.4 is 16.2 Å². The summed E-state index contributed by atoms with van der Waals surface area (Å²) >= 11 is 0. The fraction of sp³-hybridized carbons (Fsp3) is 0.364. The van der Waals surface area contributed by atoms with Gasteiger partial charge in [0.15, 0.2) is 0 Å². The quantitative estimate of drug-likeness (QED) is 0.630. The Morgan fingerprint density at radius 3 is 2.56 bits per heavy atom. The van der Waals surface area contributed by atoms with Crippen molar-refractivity contribution in [2.45, 2.75) is 19.0 Å². The maximum atomic E-state index is 11.9. The maximum Gasteiger partial charge on any atom is 0.389 e. The van der Waals surface area contributed by atoms with Crippen molar-refractivity contribution in [3.63, 3.8) is 0 Å². The number of carbonyl (C=O) groups is 1. The summed E-state index contributed by atoms with van der Waals surface area (Å²) in [7, 11) is 0. The highest BCUT2D eigenvalue weighted by Gasteiger charge is 2.26. The van der Waals surface area contributed by atoms with Crippen LogP contribution in [0.15, 0.2) is 18.2 Å². The number of rotatable bonds is 5. The highest BCUT2D eigenvalue weighted by atomic mass is 19.4. The van der Waals surface area contributed by atoms with Gasteiger partial charge < -0.3 is 16.2 Å². The van der Waals surface area contributed by atoms with Gasteiger partial charge >= 0.3 is 6.18 Å². The van der Waals surface area contributed by atoms with E-state index in [0.717, 1.165) is 0 Å². The number of nitrogen functional groups attached to an aromatic ring is 1. The largest absolute Gasteiger partial charge is 0.493 e. The Hall–Kier alpha value is -1.92. The first-order chi connectivity index (χ1) is 8.29. The minimum atomic E-state index is -4.22. The number of hydrogen-bond acceptors (Lipinski definition) is 3. The number of carbonyl (C=O) groups excluding carboxylic acids is 1. The molecule has 18 heavy (non-hydrogen) atoms. The molecular formula is C11H13F3N2O2. The van der Waals surface area contributed by atoms with E-state index >= 15 is 0 Å².